The minimum atomic E-state index is 0.154. The summed E-state index contributed by atoms with van der Waals surface area (Å²) in [4.78, 5) is 15.1. The predicted molar refractivity (Wildman–Crippen MR) is 146 cm³/mol. The third kappa shape index (κ3) is 5.73. The van der Waals surface area contributed by atoms with Crippen LogP contribution in [0.15, 0.2) is 106 Å². The molecule has 0 amide bonds. The molecule has 0 fully saturated rings. The van der Waals surface area contributed by atoms with Gasteiger partial charge in [-0.25, -0.2) is 0 Å². The number of benzene rings is 4. The molecule has 0 radical (unpaired) electrons. The van der Waals surface area contributed by atoms with Crippen LogP contribution < -0.4 is 5.43 Å². The zero-order chi connectivity index (χ0) is 23.4. The summed E-state index contributed by atoms with van der Waals surface area (Å²) in [5.41, 5.74) is 4.00. The van der Waals surface area contributed by atoms with Crippen molar-refractivity contribution in [3.63, 3.8) is 0 Å². The Morgan fingerprint density at radius 2 is 1.21 bits per heavy atom. The molecular weight excluding hydrogens is 440 g/mol. The Balaban J connectivity index is 0.000000160. The SMILES string of the molecule is CC(C)c1ccc2sc3ccccc3c(=O)c2c1.Cc1ccc(Sc2ccc(C)cc2)cc1. The van der Waals surface area contributed by atoms with E-state index in [1.807, 2.05) is 30.3 Å². The molecule has 0 N–H and O–H groups in total. The highest BCUT2D eigenvalue weighted by Crippen LogP contribution is 2.28. The molecule has 0 aliphatic carbocycles. The van der Waals surface area contributed by atoms with E-state index in [4.69, 9.17) is 0 Å². The minimum absolute atomic E-state index is 0.154. The first-order chi connectivity index (χ1) is 15.9. The van der Waals surface area contributed by atoms with Gasteiger partial charge in [0.25, 0.3) is 0 Å². The largest absolute Gasteiger partial charge is 0.289 e. The van der Waals surface area contributed by atoms with Crippen LogP contribution in [0.25, 0.3) is 20.2 Å². The van der Waals surface area contributed by atoms with Crippen molar-refractivity contribution in [1.82, 2.24) is 0 Å². The summed E-state index contributed by atoms with van der Waals surface area (Å²) >= 11 is 3.49. The molecule has 166 valence electrons. The van der Waals surface area contributed by atoms with Gasteiger partial charge in [0, 0.05) is 30.0 Å². The van der Waals surface area contributed by atoms with E-state index in [-0.39, 0.29) is 5.43 Å². The summed E-state index contributed by atoms with van der Waals surface area (Å²) in [6.07, 6.45) is 0. The average Bonchev–Trinajstić information content (AvgIpc) is 2.82. The highest BCUT2D eigenvalue weighted by molar-refractivity contribution is 7.99. The second-order valence-corrected chi connectivity index (χ2v) is 10.8. The maximum absolute atomic E-state index is 12.5. The summed E-state index contributed by atoms with van der Waals surface area (Å²) in [7, 11) is 0. The fourth-order valence-corrected chi connectivity index (χ4v) is 5.40. The van der Waals surface area contributed by atoms with Gasteiger partial charge in [-0.05, 0) is 73.9 Å². The van der Waals surface area contributed by atoms with Crippen LogP contribution >= 0.6 is 23.1 Å². The second kappa shape index (κ2) is 10.4. The van der Waals surface area contributed by atoms with Crippen LogP contribution in [0, 0.1) is 13.8 Å². The van der Waals surface area contributed by atoms with Gasteiger partial charge in [-0.1, -0.05) is 79.2 Å². The van der Waals surface area contributed by atoms with E-state index in [0.29, 0.717) is 5.92 Å². The Morgan fingerprint density at radius 1 is 0.667 bits per heavy atom. The highest BCUT2D eigenvalue weighted by Gasteiger charge is 2.07. The first-order valence-electron chi connectivity index (χ1n) is 11.2. The summed E-state index contributed by atoms with van der Waals surface area (Å²) in [5, 5.41) is 1.68. The molecule has 0 aliphatic rings. The predicted octanol–water partition coefficient (Wildman–Crippen LogP) is 8.99. The van der Waals surface area contributed by atoms with Crippen molar-refractivity contribution in [2.45, 2.75) is 43.4 Å². The van der Waals surface area contributed by atoms with E-state index in [2.05, 4.69) is 88.4 Å². The number of hydrogen-bond donors (Lipinski definition) is 0. The Morgan fingerprint density at radius 3 is 1.79 bits per heavy atom. The lowest BCUT2D eigenvalue weighted by Crippen LogP contribution is -2.01. The van der Waals surface area contributed by atoms with E-state index in [9.17, 15) is 4.79 Å². The number of fused-ring (bicyclic) bond motifs is 2. The zero-order valence-electron chi connectivity index (χ0n) is 19.5. The smallest absolute Gasteiger partial charge is 0.195 e. The van der Waals surface area contributed by atoms with Crippen LogP contribution in [0.4, 0.5) is 0 Å². The van der Waals surface area contributed by atoms with Crippen molar-refractivity contribution in [2.24, 2.45) is 0 Å². The molecule has 1 heterocycles. The molecular formula is C30H28OS2. The van der Waals surface area contributed by atoms with Gasteiger partial charge < -0.3 is 0 Å². The summed E-state index contributed by atoms with van der Waals surface area (Å²) in [6.45, 7) is 8.52. The Labute approximate surface area is 204 Å². The van der Waals surface area contributed by atoms with Gasteiger partial charge in [-0.3, -0.25) is 4.79 Å². The molecule has 1 nitrogen and oxygen atoms in total. The maximum atomic E-state index is 12.5. The molecule has 3 heteroatoms. The van der Waals surface area contributed by atoms with E-state index in [1.165, 1.54) is 26.5 Å². The Kier molecular flexibility index (Phi) is 7.32. The monoisotopic (exact) mass is 468 g/mol. The third-order valence-electron chi connectivity index (χ3n) is 5.54. The molecule has 0 aliphatic heterocycles. The lowest BCUT2D eigenvalue weighted by atomic mass is 10.0. The summed E-state index contributed by atoms with van der Waals surface area (Å²) in [5.74, 6) is 0.449. The van der Waals surface area contributed by atoms with E-state index >= 15 is 0 Å². The zero-order valence-corrected chi connectivity index (χ0v) is 21.1. The first-order valence-corrected chi connectivity index (χ1v) is 12.8. The molecule has 1 aromatic heterocycles. The quantitative estimate of drug-likeness (QED) is 0.246. The fraction of sp³-hybridized carbons (Fsp3) is 0.167. The van der Waals surface area contributed by atoms with E-state index in [1.54, 1.807) is 23.1 Å². The van der Waals surface area contributed by atoms with Crippen LogP contribution in [-0.2, 0) is 0 Å². The van der Waals surface area contributed by atoms with Gasteiger partial charge in [0.15, 0.2) is 5.43 Å². The van der Waals surface area contributed by atoms with Crippen molar-refractivity contribution in [2.75, 3.05) is 0 Å². The van der Waals surface area contributed by atoms with Gasteiger partial charge in [0.05, 0.1) is 0 Å². The van der Waals surface area contributed by atoms with Crippen LogP contribution in [0.1, 0.15) is 36.5 Å². The van der Waals surface area contributed by atoms with Crippen LogP contribution in [0.2, 0.25) is 0 Å². The minimum Gasteiger partial charge on any atom is -0.289 e. The molecule has 0 bridgehead atoms. The molecule has 0 unspecified atom stereocenters. The molecule has 0 saturated carbocycles. The third-order valence-corrected chi connectivity index (χ3v) is 7.71. The molecule has 4 aromatic carbocycles. The topological polar surface area (TPSA) is 17.1 Å². The van der Waals surface area contributed by atoms with Gasteiger partial charge in [-0.2, -0.15) is 0 Å². The number of rotatable bonds is 3. The van der Waals surface area contributed by atoms with Crippen molar-refractivity contribution in [3.8, 4) is 0 Å². The lowest BCUT2D eigenvalue weighted by Gasteiger charge is -2.07. The molecule has 33 heavy (non-hydrogen) atoms. The van der Waals surface area contributed by atoms with Gasteiger partial charge >= 0.3 is 0 Å². The standard InChI is InChI=1S/C16H14OS.C14H14S/c1-10(2)11-7-8-15-13(9-11)16(17)12-5-3-4-6-14(12)18-15;1-11-3-7-13(8-4-11)15-14-9-5-12(2)6-10-14/h3-10H,1-2H3;3-10H,1-2H3. The van der Waals surface area contributed by atoms with Crippen LogP contribution in [0.5, 0.6) is 0 Å². The van der Waals surface area contributed by atoms with E-state index < -0.39 is 0 Å². The van der Waals surface area contributed by atoms with E-state index in [0.717, 1.165) is 20.2 Å². The Bertz CT molecular complexity index is 1390. The summed E-state index contributed by atoms with van der Waals surface area (Å²) < 4.78 is 2.13. The normalized spacial score (nSPS) is 10.9. The van der Waals surface area contributed by atoms with Crippen LogP contribution in [-0.4, -0.2) is 0 Å². The van der Waals surface area contributed by atoms with Crippen molar-refractivity contribution >= 4 is 43.3 Å². The molecule has 5 rings (SSSR count). The van der Waals surface area contributed by atoms with Crippen molar-refractivity contribution < 1.29 is 0 Å². The van der Waals surface area contributed by atoms with Crippen molar-refractivity contribution in [1.29, 1.82) is 0 Å². The average molecular weight is 469 g/mol. The Hall–Kier alpha value is -2.88. The van der Waals surface area contributed by atoms with Gasteiger partial charge in [0.1, 0.15) is 0 Å². The second-order valence-electron chi connectivity index (χ2n) is 8.57. The fourth-order valence-electron chi connectivity index (χ4n) is 3.53. The number of aryl methyl sites for hydroxylation is 2. The maximum Gasteiger partial charge on any atom is 0.195 e. The van der Waals surface area contributed by atoms with Crippen molar-refractivity contribution in [3.05, 3.63) is 118 Å². The van der Waals surface area contributed by atoms with Crippen LogP contribution in [0.3, 0.4) is 0 Å². The lowest BCUT2D eigenvalue weighted by molar-refractivity contribution is 0.869. The van der Waals surface area contributed by atoms with Gasteiger partial charge in [-0.15, -0.1) is 11.3 Å². The number of hydrogen-bond acceptors (Lipinski definition) is 3. The molecule has 0 atom stereocenters. The first kappa shape index (κ1) is 23.3. The summed E-state index contributed by atoms with van der Waals surface area (Å²) in [6, 6.07) is 31.3. The molecule has 0 saturated heterocycles. The molecule has 0 spiro atoms. The highest BCUT2D eigenvalue weighted by atomic mass is 32.2. The van der Waals surface area contributed by atoms with Gasteiger partial charge in [0.2, 0.25) is 0 Å². The molecule has 5 aromatic rings.